The SMILES string of the molecule is C=CCOCC(O)CN(Cc1cccc(OC)c1)CC1CC(c2ccccc2)=NO1. The molecule has 6 nitrogen and oxygen atoms in total. The van der Waals surface area contributed by atoms with Crippen molar-refractivity contribution in [3.05, 3.63) is 78.4 Å². The predicted octanol–water partition coefficient (Wildman–Crippen LogP) is 3.25. The summed E-state index contributed by atoms with van der Waals surface area (Å²) in [4.78, 5) is 7.88. The summed E-state index contributed by atoms with van der Waals surface area (Å²) in [5.41, 5.74) is 3.14. The summed E-state index contributed by atoms with van der Waals surface area (Å²) >= 11 is 0. The van der Waals surface area contributed by atoms with E-state index in [0.29, 0.717) is 26.2 Å². The Morgan fingerprint density at radius 3 is 2.87 bits per heavy atom. The highest BCUT2D eigenvalue weighted by atomic mass is 16.6. The second-order valence-electron chi connectivity index (χ2n) is 7.36. The fraction of sp³-hybridized carbons (Fsp3) is 0.375. The monoisotopic (exact) mass is 410 g/mol. The molecule has 1 heterocycles. The number of methoxy groups -OCH3 is 1. The maximum atomic E-state index is 10.4. The van der Waals surface area contributed by atoms with Gasteiger partial charge in [-0.1, -0.05) is 53.7 Å². The largest absolute Gasteiger partial charge is 0.497 e. The molecule has 0 aliphatic carbocycles. The molecule has 1 N–H and O–H groups in total. The van der Waals surface area contributed by atoms with Crippen molar-refractivity contribution in [2.75, 3.05) is 33.4 Å². The molecule has 0 spiro atoms. The first-order chi connectivity index (χ1) is 14.7. The maximum Gasteiger partial charge on any atom is 0.145 e. The molecule has 0 amide bonds. The van der Waals surface area contributed by atoms with Crippen molar-refractivity contribution in [1.29, 1.82) is 0 Å². The summed E-state index contributed by atoms with van der Waals surface area (Å²) < 4.78 is 10.7. The topological polar surface area (TPSA) is 63.5 Å². The van der Waals surface area contributed by atoms with E-state index in [0.717, 1.165) is 29.0 Å². The number of aliphatic hydroxyl groups is 1. The molecule has 0 saturated carbocycles. The Hall–Kier alpha value is -2.67. The highest BCUT2D eigenvalue weighted by Crippen LogP contribution is 2.20. The summed E-state index contributed by atoms with van der Waals surface area (Å²) in [6.45, 7) is 6.10. The first kappa shape index (κ1) is 22.0. The van der Waals surface area contributed by atoms with Crippen LogP contribution < -0.4 is 4.74 Å². The van der Waals surface area contributed by atoms with Gasteiger partial charge in [0.05, 0.1) is 32.1 Å². The molecule has 0 saturated heterocycles. The minimum atomic E-state index is -0.605. The zero-order chi connectivity index (χ0) is 21.2. The second-order valence-corrected chi connectivity index (χ2v) is 7.36. The van der Waals surface area contributed by atoms with Gasteiger partial charge in [-0.25, -0.2) is 0 Å². The van der Waals surface area contributed by atoms with Crippen LogP contribution in [0.1, 0.15) is 17.5 Å². The van der Waals surface area contributed by atoms with Crippen molar-refractivity contribution in [3.8, 4) is 5.75 Å². The molecular formula is C24H30N2O4. The van der Waals surface area contributed by atoms with Gasteiger partial charge in [0.15, 0.2) is 0 Å². The van der Waals surface area contributed by atoms with Gasteiger partial charge >= 0.3 is 0 Å². The number of nitrogens with zero attached hydrogens (tertiary/aromatic N) is 2. The Morgan fingerprint density at radius 1 is 1.27 bits per heavy atom. The quantitative estimate of drug-likeness (QED) is 0.430. The van der Waals surface area contributed by atoms with Crippen LogP contribution in [0.15, 0.2) is 72.4 Å². The lowest BCUT2D eigenvalue weighted by atomic mass is 10.0. The van der Waals surface area contributed by atoms with Crippen LogP contribution in [0.5, 0.6) is 5.75 Å². The smallest absolute Gasteiger partial charge is 0.145 e. The van der Waals surface area contributed by atoms with Crippen molar-refractivity contribution in [1.82, 2.24) is 4.90 Å². The molecule has 2 aromatic rings. The van der Waals surface area contributed by atoms with Gasteiger partial charge in [-0.3, -0.25) is 4.90 Å². The van der Waals surface area contributed by atoms with Crippen molar-refractivity contribution >= 4 is 5.71 Å². The highest BCUT2D eigenvalue weighted by molar-refractivity contribution is 6.01. The van der Waals surface area contributed by atoms with Gasteiger partial charge in [0.1, 0.15) is 11.9 Å². The molecule has 0 fully saturated rings. The molecular weight excluding hydrogens is 380 g/mol. The minimum absolute atomic E-state index is 0.0629. The van der Waals surface area contributed by atoms with Gasteiger partial charge in [0, 0.05) is 26.1 Å². The molecule has 0 aromatic heterocycles. The van der Waals surface area contributed by atoms with E-state index in [2.05, 4.69) is 22.7 Å². The molecule has 2 atom stereocenters. The van der Waals surface area contributed by atoms with Crippen LogP contribution in [0.4, 0.5) is 0 Å². The van der Waals surface area contributed by atoms with Gasteiger partial charge in [0.2, 0.25) is 0 Å². The number of hydrogen-bond acceptors (Lipinski definition) is 6. The van der Waals surface area contributed by atoms with Crippen LogP contribution in [0.3, 0.4) is 0 Å². The molecule has 6 heteroatoms. The summed E-state index contributed by atoms with van der Waals surface area (Å²) in [5.74, 6) is 0.814. The summed E-state index contributed by atoms with van der Waals surface area (Å²) in [5, 5.41) is 14.7. The fourth-order valence-electron chi connectivity index (χ4n) is 3.49. The van der Waals surface area contributed by atoms with Crippen molar-refractivity contribution in [2.45, 2.75) is 25.2 Å². The van der Waals surface area contributed by atoms with Gasteiger partial charge in [-0.2, -0.15) is 0 Å². The second kappa shape index (κ2) is 11.5. The van der Waals surface area contributed by atoms with Gasteiger partial charge in [-0.15, -0.1) is 6.58 Å². The van der Waals surface area contributed by atoms with Gasteiger partial charge < -0.3 is 19.4 Å². The van der Waals surface area contributed by atoms with E-state index >= 15 is 0 Å². The van der Waals surface area contributed by atoms with Crippen LogP contribution in [-0.4, -0.2) is 61.3 Å². The normalized spacial score (nSPS) is 16.8. The Labute approximate surface area is 178 Å². The average Bonchev–Trinajstić information content (AvgIpc) is 3.23. The Kier molecular flexibility index (Phi) is 8.44. The van der Waals surface area contributed by atoms with Gasteiger partial charge in [-0.05, 0) is 23.3 Å². The molecule has 1 aliphatic rings. The molecule has 1 aliphatic heterocycles. The molecule has 0 bridgehead atoms. The molecule has 2 unspecified atom stereocenters. The molecule has 3 rings (SSSR count). The zero-order valence-electron chi connectivity index (χ0n) is 17.4. The summed E-state index contributed by atoms with van der Waals surface area (Å²) in [6, 6.07) is 18.0. The number of rotatable bonds is 12. The van der Waals surface area contributed by atoms with Crippen LogP contribution in [0.2, 0.25) is 0 Å². The Balaban J connectivity index is 1.62. The lowest BCUT2D eigenvalue weighted by Gasteiger charge is -2.27. The van der Waals surface area contributed by atoms with E-state index < -0.39 is 6.10 Å². The summed E-state index contributed by atoms with van der Waals surface area (Å²) in [7, 11) is 1.66. The predicted molar refractivity (Wildman–Crippen MR) is 118 cm³/mol. The summed E-state index contributed by atoms with van der Waals surface area (Å²) in [6.07, 6.45) is 1.75. The first-order valence-corrected chi connectivity index (χ1v) is 10.2. The lowest BCUT2D eigenvalue weighted by Crippen LogP contribution is -2.39. The standard InChI is InChI=1S/C24H30N2O4/c1-3-12-29-18-21(27)16-26(15-19-8-7-11-22(13-19)28-2)17-23-14-24(25-30-23)20-9-5-4-6-10-20/h3-11,13,21,23,27H,1,12,14-18H2,2H3. The third-order valence-electron chi connectivity index (χ3n) is 4.86. The van der Waals surface area contributed by atoms with E-state index in [1.807, 2.05) is 48.5 Å². The van der Waals surface area contributed by atoms with Crippen molar-refractivity contribution in [2.24, 2.45) is 5.16 Å². The number of oxime groups is 1. The van der Waals surface area contributed by atoms with Crippen LogP contribution in [-0.2, 0) is 16.1 Å². The number of hydrogen-bond donors (Lipinski definition) is 1. The molecule has 160 valence electrons. The zero-order valence-corrected chi connectivity index (χ0v) is 17.4. The molecule has 30 heavy (non-hydrogen) atoms. The molecule has 2 aromatic carbocycles. The van der Waals surface area contributed by atoms with E-state index in [-0.39, 0.29) is 12.7 Å². The number of benzene rings is 2. The van der Waals surface area contributed by atoms with Gasteiger partial charge in [0.25, 0.3) is 0 Å². The van der Waals surface area contributed by atoms with E-state index in [1.165, 1.54) is 0 Å². The molecule has 0 radical (unpaired) electrons. The third kappa shape index (κ3) is 6.69. The first-order valence-electron chi connectivity index (χ1n) is 10.2. The minimum Gasteiger partial charge on any atom is -0.497 e. The number of ether oxygens (including phenoxy) is 2. The Bertz CT molecular complexity index is 825. The maximum absolute atomic E-state index is 10.4. The lowest BCUT2D eigenvalue weighted by molar-refractivity contribution is 0.00335. The van der Waals surface area contributed by atoms with E-state index in [4.69, 9.17) is 14.3 Å². The van der Waals surface area contributed by atoms with E-state index in [9.17, 15) is 5.11 Å². The Morgan fingerprint density at radius 2 is 2.10 bits per heavy atom. The van der Waals surface area contributed by atoms with Crippen LogP contribution in [0.25, 0.3) is 0 Å². The highest BCUT2D eigenvalue weighted by Gasteiger charge is 2.25. The van der Waals surface area contributed by atoms with Crippen LogP contribution >= 0.6 is 0 Å². The fourth-order valence-corrected chi connectivity index (χ4v) is 3.49. The van der Waals surface area contributed by atoms with E-state index in [1.54, 1.807) is 13.2 Å². The number of aliphatic hydroxyl groups excluding tert-OH is 1. The van der Waals surface area contributed by atoms with Crippen molar-refractivity contribution < 1.29 is 19.4 Å². The average molecular weight is 411 g/mol. The van der Waals surface area contributed by atoms with Crippen LogP contribution in [0, 0.1) is 0 Å². The third-order valence-corrected chi connectivity index (χ3v) is 4.86. The van der Waals surface area contributed by atoms with Crippen molar-refractivity contribution in [3.63, 3.8) is 0 Å².